The Labute approximate surface area is 118 Å². The van der Waals surface area contributed by atoms with Gasteiger partial charge in [-0.05, 0) is 17.7 Å². The minimum absolute atomic E-state index is 0.0180. The van der Waals surface area contributed by atoms with Gasteiger partial charge in [-0.25, -0.2) is 0 Å². The zero-order valence-corrected chi connectivity index (χ0v) is 11.3. The lowest BCUT2D eigenvalue weighted by Crippen LogP contribution is -2.13. The molecule has 6 heteroatoms. The van der Waals surface area contributed by atoms with Gasteiger partial charge in [0.15, 0.2) is 5.78 Å². The number of rotatable bonds is 2. The summed E-state index contributed by atoms with van der Waals surface area (Å²) in [6.07, 6.45) is 0.625. The molecule has 0 aliphatic heterocycles. The molecule has 0 radical (unpaired) electrons. The number of phenolic OH excluding ortho intramolecular Hbond substituents is 1. The summed E-state index contributed by atoms with van der Waals surface area (Å²) < 4.78 is 10.4. The van der Waals surface area contributed by atoms with Crippen molar-refractivity contribution in [2.75, 3.05) is 0 Å². The normalized spacial score (nSPS) is 13.5. The van der Waals surface area contributed by atoms with Crippen molar-refractivity contribution in [2.24, 2.45) is 0 Å². The number of fused-ring (bicyclic) bond motifs is 2. The van der Waals surface area contributed by atoms with Gasteiger partial charge < -0.3 is 14.3 Å². The average Bonchev–Trinajstić information content (AvgIpc) is 2.77. The van der Waals surface area contributed by atoms with E-state index >= 15 is 0 Å². The molecule has 0 spiro atoms. The van der Waals surface area contributed by atoms with Crippen LogP contribution in [-0.2, 0) is 22.6 Å². The molecule has 2 aromatic rings. The Bertz CT molecular complexity index is 830. The fraction of sp³-hybridized carbons (Fsp3) is 0.267. The van der Waals surface area contributed by atoms with Crippen LogP contribution in [0.15, 0.2) is 21.3 Å². The number of esters is 1. The van der Waals surface area contributed by atoms with Gasteiger partial charge in [0, 0.05) is 19.8 Å². The maximum absolute atomic E-state index is 12.3. The molecular weight excluding hydrogens is 276 g/mol. The first-order valence-electron chi connectivity index (χ1n) is 6.45. The van der Waals surface area contributed by atoms with E-state index in [2.05, 4.69) is 0 Å². The molecule has 3 rings (SSSR count). The zero-order valence-electron chi connectivity index (χ0n) is 11.3. The fourth-order valence-corrected chi connectivity index (χ4v) is 2.48. The van der Waals surface area contributed by atoms with Gasteiger partial charge in [0.1, 0.15) is 34.6 Å². The first kappa shape index (κ1) is 13.4. The molecule has 1 N–H and O–H groups in total. The standard InChI is InChI=1S/C15H12O6/c1-7(16)20-6-8-4-10(18)14-12(5-8)21-11-3-2-9(17)13(11)15(14)19/h4-5,18H,2-3,6H2,1H3. The van der Waals surface area contributed by atoms with Crippen LogP contribution >= 0.6 is 0 Å². The number of hydrogen-bond donors (Lipinski definition) is 1. The highest BCUT2D eigenvalue weighted by Crippen LogP contribution is 2.29. The fourth-order valence-electron chi connectivity index (χ4n) is 2.48. The largest absolute Gasteiger partial charge is 0.507 e. The van der Waals surface area contributed by atoms with E-state index in [1.165, 1.54) is 19.1 Å². The third-order valence-electron chi connectivity index (χ3n) is 3.41. The van der Waals surface area contributed by atoms with Crippen molar-refractivity contribution in [3.8, 4) is 5.75 Å². The van der Waals surface area contributed by atoms with Crippen molar-refractivity contribution in [2.45, 2.75) is 26.4 Å². The Balaban J connectivity index is 2.18. The first-order chi connectivity index (χ1) is 9.97. The molecule has 0 bridgehead atoms. The van der Waals surface area contributed by atoms with Crippen LogP contribution in [0.1, 0.15) is 35.0 Å². The number of phenols is 1. The summed E-state index contributed by atoms with van der Waals surface area (Å²) in [7, 11) is 0. The van der Waals surface area contributed by atoms with Crippen LogP contribution in [-0.4, -0.2) is 16.9 Å². The van der Waals surface area contributed by atoms with Gasteiger partial charge in [-0.1, -0.05) is 0 Å². The van der Waals surface area contributed by atoms with E-state index in [0.29, 0.717) is 17.7 Å². The highest BCUT2D eigenvalue weighted by molar-refractivity contribution is 6.02. The number of carbonyl (C=O) groups excluding carboxylic acids is 2. The van der Waals surface area contributed by atoms with Crippen LogP contribution in [0.4, 0.5) is 0 Å². The highest BCUT2D eigenvalue weighted by Gasteiger charge is 2.28. The van der Waals surface area contributed by atoms with Crippen LogP contribution in [0.5, 0.6) is 5.75 Å². The number of ketones is 1. The molecule has 0 amide bonds. The highest BCUT2D eigenvalue weighted by atomic mass is 16.5. The minimum Gasteiger partial charge on any atom is -0.507 e. The van der Waals surface area contributed by atoms with Crippen LogP contribution in [0, 0.1) is 0 Å². The lowest BCUT2D eigenvalue weighted by Gasteiger charge is -2.07. The summed E-state index contributed by atoms with van der Waals surface area (Å²) in [4.78, 5) is 34.8. The molecule has 1 aliphatic carbocycles. The summed E-state index contributed by atoms with van der Waals surface area (Å²) in [5.41, 5.74) is 0.217. The Morgan fingerprint density at radius 1 is 1.33 bits per heavy atom. The molecule has 1 aliphatic rings. The molecule has 108 valence electrons. The summed E-state index contributed by atoms with van der Waals surface area (Å²) in [5, 5.41) is 9.99. The third-order valence-corrected chi connectivity index (χ3v) is 3.41. The van der Waals surface area contributed by atoms with Crippen molar-refractivity contribution in [3.05, 3.63) is 39.2 Å². The molecule has 0 fully saturated rings. The Hall–Kier alpha value is -2.63. The van der Waals surface area contributed by atoms with Gasteiger partial charge in [0.05, 0.1) is 0 Å². The van der Waals surface area contributed by atoms with E-state index in [9.17, 15) is 19.5 Å². The third kappa shape index (κ3) is 2.18. The Morgan fingerprint density at radius 3 is 2.81 bits per heavy atom. The van der Waals surface area contributed by atoms with E-state index < -0.39 is 11.4 Å². The van der Waals surface area contributed by atoms with Crippen LogP contribution in [0.3, 0.4) is 0 Å². The summed E-state index contributed by atoms with van der Waals surface area (Å²) in [6.45, 7) is 1.25. The second-order valence-corrected chi connectivity index (χ2v) is 4.92. The Kier molecular flexibility index (Phi) is 3.01. The smallest absolute Gasteiger partial charge is 0.302 e. The van der Waals surface area contributed by atoms with Gasteiger partial charge in [0.2, 0.25) is 5.43 Å². The number of ether oxygens (including phenoxy) is 1. The number of carbonyl (C=O) groups is 2. The summed E-state index contributed by atoms with van der Waals surface area (Å²) >= 11 is 0. The molecule has 0 unspecified atom stereocenters. The van der Waals surface area contributed by atoms with E-state index in [1.54, 1.807) is 0 Å². The monoisotopic (exact) mass is 288 g/mol. The lowest BCUT2D eigenvalue weighted by molar-refractivity contribution is -0.142. The van der Waals surface area contributed by atoms with Crippen molar-refractivity contribution in [1.29, 1.82) is 0 Å². The summed E-state index contributed by atoms with van der Waals surface area (Å²) in [5.74, 6) is -0.646. The molecular formula is C15H12O6. The maximum atomic E-state index is 12.3. The number of aromatic hydroxyl groups is 1. The van der Waals surface area contributed by atoms with Crippen LogP contribution in [0.2, 0.25) is 0 Å². The van der Waals surface area contributed by atoms with Gasteiger partial charge in [-0.3, -0.25) is 14.4 Å². The maximum Gasteiger partial charge on any atom is 0.302 e. The number of benzene rings is 1. The van der Waals surface area contributed by atoms with E-state index in [1.807, 2.05) is 0 Å². The molecule has 21 heavy (non-hydrogen) atoms. The molecule has 1 heterocycles. The molecule has 0 saturated carbocycles. The second kappa shape index (κ2) is 4.73. The van der Waals surface area contributed by atoms with E-state index in [-0.39, 0.29) is 41.1 Å². The molecule has 1 aromatic carbocycles. The quantitative estimate of drug-likeness (QED) is 0.845. The molecule has 6 nitrogen and oxygen atoms in total. The lowest BCUT2D eigenvalue weighted by atomic mass is 10.1. The molecule has 1 aromatic heterocycles. The van der Waals surface area contributed by atoms with E-state index in [4.69, 9.17) is 9.15 Å². The first-order valence-corrected chi connectivity index (χ1v) is 6.45. The van der Waals surface area contributed by atoms with Crippen molar-refractivity contribution < 1.29 is 23.8 Å². The van der Waals surface area contributed by atoms with Crippen molar-refractivity contribution in [1.82, 2.24) is 0 Å². The van der Waals surface area contributed by atoms with E-state index in [0.717, 1.165) is 0 Å². The SMILES string of the molecule is CC(=O)OCc1cc(O)c2c(=O)c3c(oc2c1)CCC3=O. The van der Waals surface area contributed by atoms with Gasteiger partial charge in [-0.2, -0.15) is 0 Å². The predicted octanol–water partition coefficient (Wildman–Crippen LogP) is 1.69. The second-order valence-electron chi connectivity index (χ2n) is 4.92. The number of aryl methyl sites for hydroxylation is 1. The van der Waals surface area contributed by atoms with Crippen molar-refractivity contribution in [3.63, 3.8) is 0 Å². The van der Waals surface area contributed by atoms with Crippen LogP contribution in [0.25, 0.3) is 11.0 Å². The predicted molar refractivity (Wildman–Crippen MR) is 72.3 cm³/mol. The molecule has 0 saturated heterocycles. The molecule has 0 atom stereocenters. The number of hydrogen-bond acceptors (Lipinski definition) is 6. The van der Waals surface area contributed by atoms with Gasteiger partial charge in [0.25, 0.3) is 0 Å². The number of Topliss-reactive ketones (excluding diaryl/α,β-unsaturated/α-hetero) is 1. The topological polar surface area (TPSA) is 93.8 Å². The average molecular weight is 288 g/mol. The van der Waals surface area contributed by atoms with Gasteiger partial charge in [-0.15, -0.1) is 0 Å². The Morgan fingerprint density at radius 2 is 2.10 bits per heavy atom. The van der Waals surface area contributed by atoms with Crippen LogP contribution < -0.4 is 5.43 Å². The minimum atomic E-state index is -0.509. The summed E-state index contributed by atoms with van der Waals surface area (Å²) in [6, 6.07) is 2.86. The van der Waals surface area contributed by atoms with Gasteiger partial charge >= 0.3 is 5.97 Å². The zero-order chi connectivity index (χ0) is 15.1. The van der Waals surface area contributed by atoms with Crippen molar-refractivity contribution >= 4 is 22.7 Å².